The first-order valence-electron chi connectivity index (χ1n) is 8.66. The second kappa shape index (κ2) is 8.89. The van der Waals surface area contributed by atoms with Crippen LogP contribution in [-0.2, 0) is 0 Å². The highest BCUT2D eigenvalue weighted by molar-refractivity contribution is 9.10. The number of aliphatic hydroxyl groups excluding tert-OH is 1. The van der Waals surface area contributed by atoms with E-state index in [1.807, 2.05) is 0 Å². The number of carboxylic acid groups (broad SMARTS) is 1. The van der Waals surface area contributed by atoms with Gasteiger partial charge in [-0.15, -0.1) is 11.8 Å². The Balaban J connectivity index is 1.69. The van der Waals surface area contributed by atoms with E-state index in [-0.39, 0.29) is 5.92 Å². The molecule has 1 aromatic heterocycles. The number of carbonyl (C=O) groups is 1. The van der Waals surface area contributed by atoms with E-state index >= 15 is 0 Å². The molecule has 0 saturated carbocycles. The molecule has 0 spiro atoms. The smallest absolute Gasteiger partial charge is 0.407 e. The van der Waals surface area contributed by atoms with E-state index < -0.39 is 23.8 Å². The summed E-state index contributed by atoms with van der Waals surface area (Å²) in [5, 5.41) is 30.1. The molecule has 3 rings (SSSR count). The van der Waals surface area contributed by atoms with Crippen LogP contribution in [0.25, 0.3) is 10.9 Å². The summed E-state index contributed by atoms with van der Waals surface area (Å²) in [6, 6.07) is 1.51. The number of H-pyrrole nitrogens is 1. The zero-order chi connectivity index (χ0) is 20.4. The summed E-state index contributed by atoms with van der Waals surface area (Å²) < 4.78 is 0.565. The molecule has 2 heterocycles. The van der Waals surface area contributed by atoms with Gasteiger partial charge in [0, 0.05) is 23.7 Å². The summed E-state index contributed by atoms with van der Waals surface area (Å²) in [4.78, 5) is 30.7. The van der Waals surface area contributed by atoms with Gasteiger partial charge in [-0.05, 0) is 47.2 Å². The van der Waals surface area contributed by atoms with Crippen molar-refractivity contribution in [1.82, 2.24) is 14.9 Å². The van der Waals surface area contributed by atoms with Gasteiger partial charge >= 0.3 is 11.8 Å². The predicted molar refractivity (Wildman–Crippen MR) is 110 cm³/mol. The summed E-state index contributed by atoms with van der Waals surface area (Å²) in [7, 11) is 0. The highest BCUT2D eigenvalue weighted by Gasteiger charge is 2.24. The van der Waals surface area contributed by atoms with Gasteiger partial charge in [-0.25, -0.2) is 9.59 Å². The summed E-state index contributed by atoms with van der Waals surface area (Å²) >= 11 is 10.9. The van der Waals surface area contributed by atoms with Crippen LogP contribution in [0, 0.1) is 5.92 Å². The van der Waals surface area contributed by atoms with Crippen LogP contribution in [0.2, 0.25) is 5.02 Å². The number of nitrogens with zero attached hydrogens (tertiary/aromatic N) is 2. The number of fused-ring (bicyclic) bond motifs is 1. The van der Waals surface area contributed by atoms with Crippen LogP contribution in [0.5, 0.6) is 5.88 Å². The van der Waals surface area contributed by atoms with Crippen LogP contribution in [0.4, 0.5) is 4.79 Å². The summed E-state index contributed by atoms with van der Waals surface area (Å²) in [5.74, 6) is 0.220. The molecule has 2 aromatic rings. The van der Waals surface area contributed by atoms with Crippen LogP contribution in [-0.4, -0.2) is 61.2 Å². The number of nitrogens with one attached hydrogen (secondary N) is 1. The summed E-state index contributed by atoms with van der Waals surface area (Å²) in [5.41, 5.74) is -0.271. The van der Waals surface area contributed by atoms with Gasteiger partial charge in [-0.1, -0.05) is 11.6 Å². The maximum absolute atomic E-state index is 11.6. The van der Waals surface area contributed by atoms with Gasteiger partial charge in [0.2, 0.25) is 5.88 Å². The van der Waals surface area contributed by atoms with Gasteiger partial charge in [-0.2, -0.15) is 4.98 Å². The van der Waals surface area contributed by atoms with Gasteiger partial charge in [0.1, 0.15) is 0 Å². The molecular formula is C17H19BrClN3O5S. The van der Waals surface area contributed by atoms with Gasteiger partial charge < -0.3 is 25.2 Å². The molecule has 28 heavy (non-hydrogen) atoms. The number of aromatic hydroxyl groups is 1. The number of hydrogen-bond acceptors (Lipinski definition) is 6. The third-order valence-electron chi connectivity index (χ3n) is 4.77. The van der Waals surface area contributed by atoms with Crippen molar-refractivity contribution in [1.29, 1.82) is 0 Å². The molecule has 11 heteroatoms. The first-order chi connectivity index (χ1) is 13.3. The van der Waals surface area contributed by atoms with Gasteiger partial charge in [-0.3, -0.25) is 0 Å². The summed E-state index contributed by atoms with van der Waals surface area (Å²) in [6.45, 7) is 0.968. The van der Waals surface area contributed by atoms with E-state index in [9.17, 15) is 19.8 Å². The second-order valence-corrected chi connectivity index (χ2v) is 8.93. The quantitative estimate of drug-likeness (QED) is 0.472. The Morgan fingerprint density at radius 1 is 1.46 bits per heavy atom. The number of hydrogen-bond donors (Lipinski definition) is 4. The molecule has 1 atom stereocenters. The lowest BCUT2D eigenvalue weighted by atomic mass is 9.92. The van der Waals surface area contributed by atoms with E-state index in [0.29, 0.717) is 50.6 Å². The van der Waals surface area contributed by atoms with Crippen molar-refractivity contribution in [2.75, 3.05) is 18.8 Å². The Bertz CT molecular complexity index is 949. The van der Waals surface area contributed by atoms with E-state index in [2.05, 4.69) is 25.9 Å². The highest BCUT2D eigenvalue weighted by atomic mass is 79.9. The number of aliphatic hydroxyl groups is 1. The fourth-order valence-corrected chi connectivity index (χ4v) is 5.28. The Labute approximate surface area is 178 Å². The number of piperidine rings is 1. The highest BCUT2D eigenvalue weighted by Crippen LogP contribution is 2.40. The molecule has 1 aromatic carbocycles. The second-order valence-electron chi connectivity index (χ2n) is 6.70. The molecular weight excluding hydrogens is 474 g/mol. The number of rotatable bonds is 5. The maximum Gasteiger partial charge on any atom is 0.407 e. The number of thioether (sulfide) groups is 1. The first kappa shape index (κ1) is 21.2. The Hall–Kier alpha value is -1.49. The van der Waals surface area contributed by atoms with Gasteiger partial charge in [0.05, 0.1) is 26.5 Å². The topological polar surface area (TPSA) is 127 Å². The average molecular weight is 493 g/mol. The van der Waals surface area contributed by atoms with Crippen molar-refractivity contribution in [3.05, 3.63) is 26.0 Å². The Morgan fingerprint density at radius 2 is 2.14 bits per heavy atom. The van der Waals surface area contributed by atoms with Gasteiger partial charge in [0.15, 0.2) is 0 Å². The first-order valence-corrected chi connectivity index (χ1v) is 10.8. The fraction of sp³-hybridized carbons (Fsp3) is 0.471. The largest absolute Gasteiger partial charge is 0.493 e. The minimum absolute atomic E-state index is 0.263. The van der Waals surface area contributed by atoms with Crippen molar-refractivity contribution in [2.45, 2.75) is 30.3 Å². The minimum atomic E-state index is -0.904. The standard InChI is InChI=1S/C17H19BrClN3O5S/c18-12-11(19)6-10-13(20-16(25)21-15(10)24)14(12)28-7-9(23)5-8-1-3-22(4-2-8)17(26)27/h6,8-9,23H,1-5,7H2,(H,26,27)(H2,20,21,24,25). The molecule has 1 amide bonds. The van der Waals surface area contributed by atoms with Crippen LogP contribution in [0.15, 0.2) is 20.2 Å². The predicted octanol–water partition coefficient (Wildman–Crippen LogP) is 3.28. The number of halogens is 2. The molecule has 1 fully saturated rings. The van der Waals surface area contributed by atoms with E-state index in [0.717, 1.165) is 12.8 Å². The number of aromatic amines is 1. The lowest BCUT2D eigenvalue weighted by Crippen LogP contribution is -2.38. The van der Waals surface area contributed by atoms with Crippen LogP contribution < -0.4 is 5.69 Å². The van der Waals surface area contributed by atoms with Crippen molar-refractivity contribution in [3.8, 4) is 5.88 Å². The van der Waals surface area contributed by atoms with Crippen molar-refractivity contribution in [2.24, 2.45) is 5.92 Å². The average Bonchev–Trinajstić information content (AvgIpc) is 2.63. The third-order valence-corrected chi connectivity index (χ3v) is 7.63. The fourth-order valence-electron chi connectivity index (χ4n) is 3.32. The third kappa shape index (κ3) is 4.73. The minimum Gasteiger partial charge on any atom is -0.493 e. The van der Waals surface area contributed by atoms with Crippen molar-refractivity contribution < 1.29 is 20.1 Å². The van der Waals surface area contributed by atoms with Crippen molar-refractivity contribution >= 4 is 56.3 Å². The van der Waals surface area contributed by atoms with Crippen molar-refractivity contribution in [3.63, 3.8) is 0 Å². The molecule has 0 radical (unpaired) electrons. The molecule has 152 valence electrons. The van der Waals surface area contributed by atoms with Crippen LogP contribution in [0.1, 0.15) is 19.3 Å². The van der Waals surface area contributed by atoms with E-state index in [1.165, 1.54) is 22.7 Å². The van der Waals surface area contributed by atoms with Crippen LogP contribution >= 0.6 is 39.3 Å². The van der Waals surface area contributed by atoms with Crippen LogP contribution in [0.3, 0.4) is 0 Å². The molecule has 8 nitrogen and oxygen atoms in total. The summed E-state index contributed by atoms with van der Waals surface area (Å²) in [6.07, 6.45) is 0.517. The molecule has 1 saturated heterocycles. The molecule has 1 unspecified atom stereocenters. The van der Waals surface area contributed by atoms with Gasteiger partial charge in [0.25, 0.3) is 0 Å². The number of aromatic nitrogens is 2. The monoisotopic (exact) mass is 491 g/mol. The zero-order valence-electron chi connectivity index (χ0n) is 14.7. The molecule has 0 aliphatic carbocycles. The lowest BCUT2D eigenvalue weighted by molar-refractivity contribution is 0.105. The molecule has 4 N–H and O–H groups in total. The molecule has 1 aliphatic heterocycles. The maximum atomic E-state index is 11.6. The number of likely N-dealkylation sites (tertiary alicyclic amines) is 1. The lowest BCUT2D eigenvalue weighted by Gasteiger charge is -2.31. The Kier molecular flexibility index (Phi) is 6.74. The number of amides is 1. The van der Waals surface area contributed by atoms with E-state index in [1.54, 1.807) is 0 Å². The molecule has 1 aliphatic rings. The van der Waals surface area contributed by atoms with E-state index in [4.69, 9.17) is 16.7 Å². The normalized spacial score (nSPS) is 16.5. The Morgan fingerprint density at radius 3 is 2.79 bits per heavy atom. The molecule has 0 bridgehead atoms. The zero-order valence-corrected chi connectivity index (χ0v) is 17.8. The SMILES string of the molecule is O=C(O)N1CCC(CC(O)CSc2c(Br)c(Cl)cc3c(O)nc(=O)[nH]c23)CC1. The number of benzene rings is 1.